The molecule has 0 saturated heterocycles. The minimum Gasteiger partial charge on any atom is -0.491 e. The number of ether oxygens (including phenoxy) is 1. The molecule has 0 saturated carbocycles. The van der Waals surface area contributed by atoms with Gasteiger partial charge < -0.3 is 4.74 Å². The minimum absolute atomic E-state index is 0.104. The molecule has 0 aliphatic heterocycles. The summed E-state index contributed by atoms with van der Waals surface area (Å²) in [6.45, 7) is 4.20. The zero-order valence-corrected chi connectivity index (χ0v) is 9.14. The van der Waals surface area contributed by atoms with Crippen molar-refractivity contribution in [3.8, 4) is 5.75 Å². The summed E-state index contributed by atoms with van der Waals surface area (Å²) in [4.78, 5) is 4.02. The van der Waals surface area contributed by atoms with Crippen molar-refractivity contribution in [3.63, 3.8) is 0 Å². The first kappa shape index (κ1) is 10.4. The van der Waals surface area contributed by atoms with Gasteiger partial charge in [0.2, 0.25) is 0 Å². The van der Waals surface area contributed by atoms with Crippen LogP contribution in [0.3, 0.4) is 0 Å². The van der Waals surface area contributed by atoms with Crippen molar-refractivity contribution in [3.05, 3.63) is 23.8 Å². The average molecular weight is 248 g/mol. The predicted molar refractivity (Wildman–Crippen MR) is 52.7 cm³/mol. The van der Waals surface area contributed by atoms with Gasteiger partial charge in [-0.3, -0.25) is 4.98 Å². The second-order valence-electron chi connectivity index (χ2n) is 2.59. The lowest BCUT2D eigenvalue weighted by Crippen LogP contribution is -1.98. The van der Waals surface area contributed by atoms with Gasteiger partial charge in [-0.15, -0.1) is 0 Å². The molecule has 1 aromatic heterocycles. The summed E-state index contributed by atoms with van der Waals surface area (Å²) in [6, 6.07) is 1.61. The zero-order chi connectivity index (χ0) is 9.84. The fraction of sp³-hybridized carbons (Fsp3) is 0.444. The third kappa shape index (κ3) is 2.66. The first-order valence-corrected chi connectivity index (χ1v) is 4.99. The second-order valence-corrected chi connectivity index (χ2v) is 3.96. The third-order valence-electron chi connectivity index (χ3n) is 1.55. The van der Waals surface area contributed by atoms with Crippen molar-refractivity contribution < 1.29 is 9.13 Å². The van der Waals surface area contributed by atoms with Crippen LogP contribution < -0.4 is 4.74 Å². The summed E-state index contributed by atoms with van der Waals surface area (Å²) in [6.07, 6.45) is 1.18. The number of hydrogen-bond donors (Lipinski definition) is 0. The summed E-state index contributed by atoms with van der Waals surface area (Å²) in [5.41, 5.74) is 0.768. The molecule has 1 unspecified atom stereocenters. The average Bonchev–Trinajstić information content (AvgIpc) is 2.08. The number of aromatic nitrogens is 1. The SMILES string of the molecule is CCOc1cc(C(C)Br)ncc1F. The Morgan fingerprint density at radius 1 is 1.69 bits per heavy atom. The molecule has 0 fully saturated rings. The smallest absolute Gasteiger partial charge is 0.183 e. The minimum atomic E-state index is -0.418. The van der Waals surface area contributed by atoms with Crippen molar-refractivity contribution in [2.24, 2.45) is 0 Å². The standard InChI is InChI=1S/C9H11BrFNO/c1-3-13-9-4-8(6(2)10)12-5-7(9)11/h4-6H,3H2,1-2H3. The van der Waals surface area contributed by atoms with Crippen LogP contribution in [0.1, 0.15) is 24.4 Å². The van der Waals surface area contributed by atoms with Gasteiger partial charge in [0.15, 0.2) is 11.6 Å². The van der Waals surface area contributed by atoms with E-state index in [-0.39, 0.29) is 10.6 Å². The van der Waals surface area contributed by atoms with Crippen molar-refractivity contribution in [1.82, 2.24) is 4.98 Å². The van der Waals surface area contributed by atoms with Gasteiger partial charge in [-0.05, 0) is 13.8 Å². The number of halogens is 2. The molecule has 0 aliphatic rings. The summed E-state index contributed by atoms with van der Waals surface area (Å²) >= 11 is 3.35. The Hall–Kier alpha value is -0.640. The highest BCUT2D eigenvalue weighted by molar-refractivity contribution is 9.09. The number of hydrogen-bond acceptors (Lipinski definition) is 2. The molecular weight excluding hydrogens is 237 g/mol. The van der Waals surface area contributed by atoms with E-state index in [1.54, 1.807) is 6.07 Å². The number of alkyl halides is 1. The molecule has 0 spiro atoms. The summed E-state index contributed by atoms with van der Waals surface area (Å²) < 4.78 is 18.1. The topological polar surface area (TPSA) is 22.1 Å². The monoisotopic (exact) mass is 247 g/mol. The highest BCUT2D eigenvalue weighted by Crippen LogP contribution is 2.24. The van der Waals surface area contributed by atoms with Crippen LogP contribution in [0.25, 0.3) is 0 Å². The Labute approximate surface area is 85.3 Å². The fourth-order valence-corrected chi connectivity index (χ4v) is 1.17. The molecule has 0 radical (unpaired) electrons. The number of rotatable bonds is 3. The van der Waals surface area contributed by atoms with Crippen LogP contribution in [0.4, 0.5) is 4.39 Å². The van der Waals surface area contributed by atoms with E-state index in [0.717, 1.165) is 5.69 Å². The Bertz CT molecular complexity index is 291. The van der Waals surface area contributed by atoms with Crippen LogP contribution in [0.2, 0.25) is 0 Å². The van der Waals surface area contributed by atoms with Crippen LogP contribution in [0.5, 0.6) is 5.75 Å². The van der Waals surface area contributed by atoms with Crippen LogP contribution in [-0.4, -0.2) is 11.6 Å². The fourth-order valence-electron chi connectivity index (χ4n) is 0.919. The predicted octanol–water partition coefficient (Wildman–Crippen LogP) is 3.08. The van der Waals surface area contributed by atoms with E-state index >= 15 is 0 Å². The maximum atomic E-state index is 13.0. The molecule has 0 N–H and O–H groups in total. The molecule has 2 nitrogen and oxygen atoms in total. The first-order chi connectivity index (χ1) is 6.15. The van der Waals surface area contributed by atoms with E-state index in [2.05, 4.69) is 20.9 Å². The summed E-state index contributed by atoms with van der Waals surface area (Å²) in [7, 11) is 0. The first-order valence-electron chi connectivity index (χ1n) is 4.07. The Kier molecular flexibility index (Phi) is 3.66. The van der Waals surface area contributed by atoms with Crippen molar-refractivity contribution in [2.45, 2.75) is 18.7 Å². The molecule has 0 bridgehead atoms. The molecule has 0 aromatic carbocycles. The Morgan fingerprint density at radius 3 is 2.92 bits per heavy atom. The quantitative estimate of drug-likeness (QED) is 0.767. The van der Waals surface area contributed by atoms with Gasteiger partial charge in [0.25, 0.3) is 0 Å². The summed E-state index contributed by atoms with van der Waals surface area (Å²) in [5.74, 6) is -0.155. The molecule has 1 rings (SSSR count). The third-order valence-corrected chi connectivity index (χ3v) is 2.02. The lowest BCUT2D eigenvalue weighted by Gasteiger charge is -2.07. The van der Waals surface area contributed by atoms with Crippen LogP contribution in [0, 0.1) is 5.82 Å². The van der Waals surface area contributed by atoms with Crippen molar-refractivity contribution in [1.29, 1.82) is 0 Å². The van der Waals surface area contributed by atoms with Crippen LogP contribution >= 0.6 is 15.9 Å². The molecule has 1 atom stereocenters. The van der Waals surface area contributed by atoms with E-state index in [1.165, 1.54) is 6.20 Å². The number of nitrogens with zero attached hydrogens (tertiary/aromatic N) is 1. The van der Waals surface area contributed by atoms with E-state index in [9.17, 15) is 4.39 Å². The van der Waals surface area contributed by atoms with Gasteiger partial charge in [-0.2, -0.15) is 0 Å². The van der Waals surface area contributed by atoms with Gasteiger partial charge in [0, 0.05) is 6.07 Å². The molecule has 13 heavy (non-hydrogen) atoms. The van der Waals surface area contributed by atoms with Crippen LogP contribution in [0.15, 0.2) is 12.3 Å². The summed E-state index contributed by atoms with van der Waals surface area (Å²) in [5, 5.41) is 0. The van der Waals surface area contributed by atoms with Gasteiger partial charge in [-0.1, -0.05) is 15.9 Å². The lowest BCUT2D eigenvalue weighted by molar-refractivity contribution is 0.320. The molecule has 1 aromatic rings. The highest BCUT2D eigenvalue weighted by atomic mass is 79.9. The normalized spacial score (nSPS) is 12.6. The second kappa shape index (κ2) is 4.56. The van der Waals surface area contributed by atoms with Crippen molar-refractivity contribution in [2.75, 3.05) is 6.61 Å². The zero-order valence-electron chi connectivity index (χ0n) is 7.55. The molecule has 72 valence electrons. The van der Waals surface area contributed by atoms with Crippen molar-refractivity contribution >= 4 is 15.9 Å². The van der Waals surface area contributed by atoms with Gasteiger partial charge >= 0.3 is 0 Å². The molecule has 4 heteroatoms. The van der Waals surface area contributed by atoms with Gasteiger partial charge in [0.1, 0.15) is 0 Å². The van der Waals surface area contributed by atoms with Gasteiger partial charge in [0.05, 0.1) is 23.3 Å². The molecular formula is C9H11BrFNO. The molecule has 0 aliphatic carbocycles. The van der Waals surface area contributed by atoms with E-state index in [0.29, 0.717) is 6.61 Å². The largest absolute Gasteiger partial charge is 0.491 e. The van der Waals surface area contributed by atoms with E-state index < -0.39 is 5.82 Å². The highest BCUT2D eigenvalue weighted by Gasteiger charge is 2.08. The Morgan fingerprint density at radius 2 is 2.38 bits per heavy atom. The number of pyridine rings is 1. The van der Waals surface area contributed by atoms with Crippen LogP contribution in [-0.2, 0) is 0 Å². The van der Waals surface area contributed by atoms with E-state index in [1.807, 2.05) is 13.8 Å². The van der Waals surface area contributed by atoms with E-state index in [4.69, 9.17) is 4.74 Å². The Balaban J connectivity index is 2.97. The molecule has 1 heterocycles. The molecule has 0 amide bonds. The maximum Gasteiger partial charge on any atom is 0.183 e. The van der Waals surface area contributed by atoms with Gasteiger partial charge in [-0.25, -0.2) is 4.39 Å². The lowest BCUT2D eigenvalue weighted by atomic mass is 10.3. The maximum absolute atomic E-state index is 13.0.